The van der Waals surface area contributed by atoms with E-state index in [1.54, 1.807) is 16.2 Å². The molecule has 5 nitrogen and oxygen atoms in total. The lowest BCUT2D eigenvalue weighted by molar-refractivity contribution is -0.128. The molecule has 1 aromatic rings. The van der Waals surface area contributed by atoms with Crippen molar-refractivity contribution in [1.29, 1.82) is 0 Å². The van der Waals surface area contributed by atoms with E-state index < -0.39 is 0 Å². The first-order valence-corrected chi connectivity index (χ1v) is 6.84. The molecule has 0 spiro atoms. The number of aryl methyl sites for hydroxylation is 1. The smallest absolute Gasteiger partial charge is 0.223 e. The maximum atomic E-state index is 11.8. The molecule has 2 atom stereocenters. The van der Waals surface area contributed by atoms with Gasteiger partial charge >= 0.3 is 0 Å². The van der Waals surface area contributed by atoms with Crippen molar-refractivity contribution >= 4 is 23.2 Å². The third kappa shape index (κ3) is 2.69. The minimum Gasteiger partial charge on any atom is -0.369 e. The Bertz CT molecular complexity index is 472. The number of rotatable bonds is 4. The van der Waals surface area contributed by atoms with Crippen LogP contribution in [0.2, 0.25) is 0 Å². The van der Waals surface area contributed by atoms with E-state index in [1.807, 2.05) is 19.2 Å². The second-order valence-corrected chi connectivity index (χ2v) is 5.72. The molecule has 0 bridgehead atoms. The molecular formula is C12H17N3O2S. The molecule has 0 aromatic carbocycles. The highest BCUT2D eigenvalue weighted by Gasteiger charge is 2.33. The van der Waals surface area contributed by atoms with E-state index >= 15 is 0 Å². The molecule has 1 aliphatic rings. The van der Waals surface area contributed by atoms with Gasteiger partial charge in [0.05, 0.1) is 10.9 Å². The van der Waals surface area contributed by atoms with Crippen LogP contribution >= 0.6 is 11.3 Å². The fourth-order valence-corrected chi connectivity index (χ4v) is 2.99. The van der Waals surface area contributed by atoms with Crippen molar-refractivity contribution in [1.82, 2.24) is 9.88 Å². The molecule has 1 fully saturated rings. The Morgan fingerprint density at radius 3 is 2.94 bits per heavy atom. The van der Waals surface area contributed by atoms with Gasteiger partial charge in [-0.3, -0.25) is 9.59 Å². The predicted octanol–water partition coefficient (Wildman–Crippen LogP) is 0.889. The number of carbonyl (C=O) groups is 2. The molecule has 2 amide bonds. The highest BCUT2D eigenvalue weighted by Crippen LogP contribution is 2.24. The Balaban J connectivity index is 1.98. The Kier molecular flexibility index (Phi) is 3.65. The van der Waals surface area contributed by atoms with E-state index in [1.165, 1.54) is 0 Å². The maximum absolute atomic E-state index is 11.8. The molecule has 2 unspecified atom stereocenters. The van der Waals surface area contributed by atoms with Crippen molar-refractivity contribution in [3.63, 3.8) is 0 Å². The first-order valence-electron chi connectivity index (χ1n) is 5.96. The molecule has 1 aromatic heterocycles. The van der Waals surface area contributed by atoms with Gasteiger partial charge in [-0.2, -0.15) is 0 Å². The van der Waals surface area contributed by atoms with Crippen molar-refractivity contribution in [3.05, 3.63) is 16.1 Å². The third-order valence-electron chi connectivity index (χ3n) is 3.17. The number of primary amides is 1. The summed E-state index contributed by atoms with van der Waals surface area (Å²) < 4.78 is 0. The molecule has 0 radical (unpaired) electrons. The summed E-state index contributed by atoms with van der Waals surface area (Å²) in [5.41, 5.74) is 6.24. The SMILES string of the molecule is Cc1csc(C(C)CN2CC(C(N)=O)CC2=O)n1. The normalized spacial score (nSPS) is 21.3. The third-order valence-corrected chi connectivity index (χ3v) is 4.36. The monoisotopic (exact) mass is 267 g/mol. The average Bonchev–Trinajstić information content (AvgIpc) is 2.86. The largest absolute Gasteiger partial charge is 0.369 e. The molecule has 18 heavy (non-hydrogen) atoms. The van der Waals surface area contributed by atoms with Crippen molar-refractivity contribution in [2.24, 2.45) is 11.7 Å². The van der Waals surface area contributed by atoms with E-state index in [2.05, 4.69) is 4.98 Å². The summed E-state index contributed by atoms with van der Waals surface area (Å²) in [5.74, 6) is -0.510. The molecule has 2 N–H and O–H groups in total. The van der Waals surface area contributed by atoms with Crippen molar-refractivity contribution in [2.45, 2.75) is 26.2 Å². The van der Waals surface area contributed by atoms with Gasteiger partial charge in [0.25, 0.3) is 0 Å². The molecule has 0 aliphatic carbocycles. The molecule has 6 heteroatoms. The maximum Gasteiger partial charge on any atom is 0.223 e. The number of hydrogen-bond acceptors (Lipinski definition) is 4. The molecule has 1 aliphatic heterocycles. The Hall–Kier alpha value is -1.43. The summed E-state index contributed by atoms with van der Waals surface area (Å²) in [5, 5.41) is 3.03. The zero-order chi connectivity index (χ0) is 13.3. The van der Waals surface area contributed by atoms with E-state index in [9.17, 15) is 9.59 Å². The van der Waals surface area contributed by atoms with Crippen LogP contribution in [-0.2, 0) is 9.59 Å². The number of nitrogens with zero attached hydrogens (tertiary/aromatic N) is 2. The van der Waals surface area contributed by atoms with Crippen LogP contribution in [0.3, 0.4) is 0 Å². The highest BCUT2D eigenvalue weighted by molar-refractivity contribution is 7.09. The van der Waals surface area contributed by atoms with Gasteiger partial charge in [-0.25, -0.2) is 4.98 Å². The number of aromatic nitrogens is 1. The van der Waals surface area contributed by atoms with E-state index in [-0.39, 0.29) is 30.1 Å². The Labute approximate surface area is 110 Å². The van der Waals surface area contributed by atoms with Crippen molar-refractivity contribution < 1.29 is 9.59 Å². The van der Waals surface area contributed by atoms with Gasteiger partial charge in [0, 0.05) is 36.5 Å². The molecule has 0 saturated carbocycles. The second kappa shape index (κ2) is 5.06. The van der Waals surface area contributed by atoms with E-state index in [4.69, 9.17) is 5.73 Å². The quantitative estimate of drug-likeness (QED) is 0.880. The molecule has 2 rings (SSSR count). The summed E-state index contributed by atoms with van der Waals surface area (Å²) in [6, 6.07) is 0. The predicted molar refractivity (Wildman–Crippen MR) is 69.1 cm³/mol. The fraction of sp³-hybridized carbons (Fsp3) is 0.583. The summed E-state index contributed by atoms with van der Waals surface area (Å²) in [4.78, 5) is 29.0. The first kappa shape index (κ1) is 13.0. The van der Waals surface area contributed by atoms with Gasteiger partial charge in [0.2, 0.25) is 11.8 Å². The van der Waals surface area contributed by atoms with Crippen molar-refractivity contribution in [3.8, 4) is 0 Å². The number of likely N-dealkylation sites (tertiary alicyclic amines) is 1. The minimum absolute atomic E-state index is 0.0129. The summed E-state index contributed by atoms with van der Waals surface area (Å²) in [6.07, 6.45) is 0.249. The average molecular weight is 267 g/mol. The van der Waals surface area contributed by atoms with Gasteiger partial charge in [-0.05, 0) is 6.92 Å². The lowest BCUT2D eigenvalue weighted by atomic mass is 10.1. The fourth-order valence-electron chi connectivity index (χ4n) is 2.15. The summed E-state index contributed by atoms with van der Waals surface area (Å²) in [6.45, 7) is 5.05. The molecule has 2 heterocycles. The van der Waals surface area contributed by atoms with Crippen LogP contribution in [-0.4, -0.2) is 34.8 Å². The van der Waals surface area contributed by atoms with Crippen LogP contribution in [0, 0.1) is 12.8 Å². The van der Waals surface area contributed by atoms with E-state index in [0.29, 0.717) is 13.1 Å². The number of hydrogen-bond donors (Lipinski definition) is 1. The number of amides is 2. The zero-order valence-corrected chi connectivity index (χ0v) is 11.4. The van der Waals surface area contributed by atoms with Gasteiger partial charge < -0.3 is 10.6 Å². The van der Waals surface area contributed by atoms with E-state index in [0.717, 1.165) is 10.7 Å². The van der Waals surface area contributed by atoms with Crippen LogP contribution in [0.4, 0.5) is 0 Å². The first-order chi connectivity index (χ1) is 8.47. The number of thiazole rings is 1. The van der Waals surface area contributed by atoms with Crippen LogP contribution in [0.1, 0.15) is 30.0 Å². The Morgan fingerprint density at radius 1 is 1.72 bits per heavy atom. The second-order valence-electron chi connectivity index (χ2n) is 4.83. The standard InChI is InChI=1S/C12H17N3O2S/c1-7(12-14-8(2)6-18-12)4-15-5-9(11(13)17)3-10(15)16/h6-7,9H,3-5H2,1-2H3,(H2,13,17). The van der Waals surface area contributed by atoms with Crippen molar-refractivity contribution in [2.75, 3.05) is 13.1 Å². The molecular weight excluding hydrogens is 250 g/mol. The van der Waals surface area contributed by atoms with Gasteiger partial charge in [0.15, 0.2) is 0 Å². The van der Waals surface area contributed by atoms with Crippen LogP contribution in [0.5, 0.6) is 0 Å². The minimum atomic E-state index is -0.386. The topological polar surface area (TPSA) is 76.3 Å². The Morgan fingerprint density at radius 2 is 2.44 bits per heavy atom. The van der Waals surface area contributed by atoms with Gasteiger partial charge in [-0.1, -0.05) is 6.92 Å². The summed E-state index contributed by atoms with van der Waals surface area (Å²) in [7, 11) is 0. The van der Waals surface area contributed by atoms with Crippen LogP contribution < -0.4 is 5.73 Å². The number of carbonyl (C=O) groups excluding carboxylic acids is 2. The zero-order valence-electron chi connectivity index (χ0n) is 10.5. The lowest BCUT2D eigenvalue weighted by Crippen LogP contribution is -2.31. The lowest BCUT2D eigenvalue weighted by Gasteiger charge is -2.19. The van der Waals surface area contributed by atoms with Gasteiger partial charge in [-0.15, -0.1) is 11.3 Å². The van der Waals surface area contributed by atoms with Gasteiger partial charge in [0.1, 0.15) is 0 Å². The highest BCUT2D eigenvalue weighted by atomic mass is 32.1. The summed E-state index contributed by atoms with van der Waals surface area (Å²) >= 11 is 1.61. The van der Waals surface area contributed by atoms with Crippen LogP contribution in [0.25, 0.3) is 0 Å². The molecule has 98 valence electrons. The molecule has 1 saturated heterocycles. The number of nitrogens with two attached hydrogens (primary N) is 1. The van der Waals surface area contributed by atoms with Crippen LogP contribution in [0.15, 0.2) is 5.38 Å².